The SMILES string of the molecule is CN=C(NCC(=O)NCc1ccccc1)NCC(c1cccc(OC)c1)N1CCCC1.I. The van der Waals surface area contributed by atoms with Crippen molar-refractivity contribution in [3.63, 3.8) is 0 Å². The smallest absolute Gasteiger partial charge is 0.239 e. The largest absolute Gasteiger partial charge is 0.497 e. The van der Waals surface area contributed by atoms with Gasteiger partial charge in [-0.1, -0.05) is 42.5 Å². The van der Waals surface area contributed by atoms with E-state index in [1.807, 2.05) is 42.5 Å². The van der Waals surface area contributed by atoms with E-state index in [2.05, 4.69) is 38.0 Å². The molecule has 0 radical (unpaired) electrons. The first-order valence-corrected chi connectivity index (χ1v) is 10.8. The Hall–Kier alpha value is -2.33. The summed E-state index contributed by atoms with van der Waals surface area (Å²) in [6.45, 7) is 3.54. The molecule has 3 rings (SSSR count). The zero-order chi connectivity index (χ0) is 21.9. The first-order chi connectivity index (χ1) is 15.2. The van der Waals surface area contributed by atoms with Crippen LogP contribution in [0.3, 0.4) is 0 Å². The maximum absolute atomic E-state index is 12.2. The molecule has 1 saturated heterocycles. The van der Waals surface area contributed by atoms with E-state index in [4.69, 9.17) is 4.74 Å². The van der Waals surface area contributed by atoms with E-state index in [-0.39, 0.29) is 42.5 Å². The second-order valence-electron chi connectivity index (χ2n) is 7.60. The van der Waals surface area contributed by atoms with Gasteiger partial charge in [0.25, 0.3) is 0 Å². The van der Waals surface area contributed by atoms with Crippen molar-refractivity contribution in [2.75, 3.05) is 40.3 Å². The fraction of sp³-hybridized carbons (Fsp3) is 0.417. The Bertz CT molecular complexity index is 856. The van der Waals surface area contributed by atoms with Crippen LogP contribution in [0.4, 0.5) is 0 Å². The second kappa shape index (κ2) is 13.9. The highest BCUT2D eigenvalue weighted by Gasteiger charge is 2.24. The molecule has 7 nitrogen and oxygen atoms in total. The number of carbonyl (C=O) groups is 1. The average Bonchev–Trinajstić information content (AvgIpc) is 3.35. The number of halogens is 1. The number of nitrogens with zero attached hydrogens (tertiary/aromatic N) is 2. The summed E-state index contributed by atoms with van der Waals surface area (Å²) in [7, 11) is 3.41. The maximum Gasteiger partial charge on any atom is 0.239 e. The molecule has 1 aliphatic rings. The van der Waals surface area contributed by atoms with Gasteiger partial charge in [-0.3, -0.25) is 14.7 Å². The average molecular weight is 551 g/mol. The summed E-state index contributed by atoms with van der Waals surface area (Å²) in [6.07, 6.45) is 2.43. The fourth-order valence-corrected chi connectivity index (χ4v) is 3.80. The van der Waals surface area contributed by atoms with Crippen LogP contribution >= 0.6 is 24.0 Å². The number of guanidine groups is 1. The Morgan fingerprint density at radius 2 is 1.81 bits per heavy atom. The van der Waals surface area contributed by atoms with Crippen molar-refractivity contribution in [1.29, 1.82) is 0 Å². The van der Waals surface area contributed by atoms with Crippen LogP contribution in [0.2, 0.25) is 0 Å². The Morgan fingerprint density at radius 3 is 2.50 bits per heavy atom. The number of methoxy groups -OCH3 is 1. The predicted octanol–water partition coefficient (Wildman–Crippen LogP) is 2.93. The molecule has 1 amide bonds. The van der Waals surface area contributed by atoms with Crippen LogP contribution in [0.5, 0.6) is 5.75 Å². The zero-order valence-electron chi connectivity index (χ0n) is 18.8. The molecule has 0 aromatic heterocycles. The van der Waals surface area contributed by atoms with E-state index in [0.717, 1.165) is 24.4 Å². The number of nitrogens with one attached hydrogen (secondary N) is 3. The van der Waals surface area contributed by atoms with Gasteiger partial charge in [-0.25, -0.2) is 0 Å². The van der Waals surface area contributed by atoms with Crippen molar-refractivity contribution < 1.29 is 9.53 Å². The Morgan fingerprint density at radius 1 is 1.06 bits per heavy atom. The number of aliphatic imine (C=N–C) groups is 1. The zero-order valence-corrected chi connectivity index (χ0v) is 21.2. The van der Waals surface area contributed by atoms with Gasteiger partial charge >= 0.3 is 0 Å². The van der Waals surface area contributed by atoms with Crippen molar-refractivity contribution >= 4 is 35.8 Å². The summed E-state index contributed by atoms with van der Waals surface area (Å²) in [6, 6.07) is 18.3. The number of carbonyl (C=O) groups excluding carboxylic acids is 1. The normalized spacial score (nSPS) is 14.9. The first kappa shape index (κ1) is 25.9. The number of benzene rings is 2. The van der Waals surface area contributed by atoms with Crippen LogP contribution < -0.4 is 20.7 Å². The van der Waals surface area contributed by atoms with Crippen LogP contribution in [0.1, 0.15) is 30.0 Å². The minimum Gasteiger partial charge on any atom is -0.497 e. The summed E-state index contributed by atoms with van der Waals surface area (Å²) in [5.74, 6) is 1.40. The molecular weight excluding hydrogens is 517 g/mol. The van der Waals surface area contributed by atoms with Crippen molar-refractivity contribution in [2.24, 2.45) is 4.99 Å². The van der Waals surface area contributed by atoms with Crippen molar-refractivity contribution in [2.45, 2.75) is 25.4 Å². The minimum absolute atomic E-state index is 0. The maximum atomic E-state index is 12.2. The molecule has 2 aromatic carbocycles. The summed E-state index contributed by atoms with van der Waals surface area (Å²) >= 11 is 0. The van der Waals surface area contributed by atoms with Gasteiger partial charge in [-0.15, -0.1) is 24.0 Å². The Kier molecular flexibility index (Phi) is 11.3. The number of rotatable bonds is 9. The summed E-state index contributed by atoms with van der Waals surface area (Å²) in [5.41, 5.74) is 2.29. The van der Waals surface area contributed by atoms with Crippen molar-refractivity contribution in [1.82, 2.24) is 20.9 Å². The van der Waals surface area contributed by atoms with Crippen LogP contribution in [-0.4, -0.2) is 57.1 Å². The van der Waals surface area contributed by atoms with Gasteiger partial charge in [0.05, 0.1) is 19.7 Å². The summed E-state index contributed by atoms with van der Waals surface area (Å²) in [5, 5.41) is 9.42. The van der Waals surface area contributed by atoms with Gasteiger partial charge in [0.1, 0.15) is 5.75 Å². The van der Waals surface area contributed by atoms with E-state index in [9.17, 15) is 4.79 Å². The second-order valence-corrected chi connectivity index (χ2v) is 7.60. The molecule has 174 valence electrons. The molecule has 0 aliphatic carbocycles. The third-order valence-electron chi connectivity index (χ3n) is 5.50. The lowest BCUT2D eigenvalue weighted by molar-refractivity contribution is -0.120. The number of amides is 1. The first-order valence-electron chi connectivity index (χ1n) is 10.8. The van der Waals surface area contributed by atoms with Gasteiger partial charge in [-0.05, 0) is 49.2 Å². The highest BCUT2D eigenvalue weighted by atomic mass is 127. The Balaban J connectivity index is 0.00000363. The fourth-order valence-electron chi connectivity index (χ4n) is 3.80. The van der Waals surface area contributed by atoms with Crippen molar-refractivity contribution in [3.05, 3.63) is 65.7 Å². The highest BCUT2D eigenvalue weighted by molar-refractivity contribution is 14.0. The van der Waals surface area contributed by atoms with Gasteiger partial charge in [0.15, 0.2) is 5.96 Å². The molecule has 1 unspecified atom stereocenters. The molecule has 1 aliphatic heterocycles. The third-order valence-corrected chi connectivity index (χ3v) is 5.50. The number of ether oxygens (including phenoxy) is 1. The molecule has 1 heterocycles. The van der Waals surface area contributed by atoms with E-state index in [1.54, 1.807) is 14.2 Å². The van der Waals surface area contributed by atoms with Crippen LogP contribution in [-0.2, 0) is 11.3 Å². The van der Waals surface area contributed by atoms with E-state index in [1.165, 1.54) is 18.4 Å². The molecule has 1 fully saturated rings. The standard InChI is InChI=1S/C24H33N5O2.HI/c1-25-24(28-18-23(30)26-16-19-9-4-3-5-10-19)27-17-22(29-13-6-7-14-29)20-11-8-12-21(15-20)31-2;/h3-5,8-12,15,22H,6-7,13-14,16-18H2,1-2H3,(H,26,30)(H2,25,27,28);1H. The Labute approximate surface area is 208 Å². The topological polar surface area (TPSA) is 78.0 Å². The number of hydrogen-bond donors (Lipinski definition) is 3. The van der Waals surface area contributed by atoms with Crippen LogP contribution in [0.25, 0.3) is 0 Å². The molecule has 0 saturated carbocycles. The molecular formula is C24H34IN5O2. The quantitative estimate of drug-likeness (QED) is 0.254. The van der Waals surface area contributed by atoms with E-state index < -0.39 is 0 Å². The lowest BCUT2D eigenvalue weighted by atomic mass is 10.1. The van der Waals surface area contributed by atoms with Gasteiger partial charge in [-0.2, -0.15) is 0 Å². The van der Waals surface area contributed by atoms with Gasteiger partial charge < -0.3 is 20.7 Å². The molecule has 2 aromatic rings. The highest BCUT2D eigenvalue weighted by Crippen LogP contribution is 2.27. The van der Waals surface area contributed by atoms with E-state index in [0.29, 0.717) is 19.0 Å². The molecule has 1 atom stereocenters. The summed E-state index contributed by atoms with van der Waals surface area (Å²) < 4.78 is 5.41. The molecule has 3 N–H and O–H groups in total. The monoisotopic (exact) mass is 551 g/mol. The molecule has 8 heteroatoms. The van der Waals surface area contributed by atoms with Crippen molar-refractivity contribution in [3.8, 4) is 5.75 Å². The van der Waals surface area contributed by atoms with E-state index >= 15 is 0 Å². The predicted molar refractivity (Wildman–Crippen MR) is 140 cm³/mol. The molecule has 0 spiro atoms. The molecule has 32 heavy (non-hydrogen) atoms. The number of hydrogen-bond acceptors (Lipinski definition) is 4. The third kappa shape index (κ3) is 7.98. The lowest BCUT2D eigenvalue weighted by Crippen LogP contribution is -2.45. The van der Waals surface area contributed by atoms with Gasteiger partial charge in [0, 0.05) is 20.1 Å². The van der Waals surface area contributed by atoms with Crippen LogP contribution in [0.15, 0.2) is 59.6 Å². The lowest BCUT2D eigenvalue weighted by Gasteiger charge is -2.29. The summed E-state index contributed by atoms with van der Waals surface area (Å²) in [4.78, 5) is 19.0. The van der Waals surface area contributed by atoms with Crippen LogP contribution in [0, 0.1) is 0 Å². The number of likely N-dealkylation sites (tertiary alicyclic amines) is 1. The van der Waals surface area contributed by atoms with Gasteiger partial charge in [0.2, 0.25) is 5.91 Å². The molecule has 0 bridgehead atoms. The minimum atomic E-state index is -0.0734.